The molecule has 36 heavy (non-hydrogen) atoms. The van der Waals surface area contributed by atoms with Crippen LogP contribution >= 0.6 is 11.3 Å². The van der Waals surface area contributed by atoms with Crippen LogP contribution < -0.4 is 15.8 Å². The molecule has 1 aliphatic rings. The van der Waals surface area contributed by atoms with Gasteiger partial charge in [0.25, 0.3) is 11.5 Å². The zero-order valence-electron chi connectivity index (χ0n) is 20.4. The van der Waals surface area contributed by atoms with Crippen LogP contribution in [0.5, 0.6) is 0 Å². The Balaban J connectivity index is 1.72. The number of hydrogen-bond acceptors (Lipinski definition) is 8. The Hall–Kier alpha value is -3.57. The first-order valence-corrected chi connectivity index (χ1v) is 12.6. The second kappa shape index (κ2) is 10.2. The molecule has 1 unspecified atom stereocenters. The summed E-state index contributed by atoms with van der Waals surface area (Å²) in [5.41, 5.74) is 1.00. The number of carbonyl (C=O) groups excluding carboxylic acids is 1. The lowest BCUT2D eigenvalue weighted by molar-refractivity contribution is -0.131. The van der Waals surface area contributed by atoms with Gasteiger partial charge in [-0.2, -0.15) is 0 Å². The van der Waals surface area contributed by atoms with Crippen LogP contribution in [0.2, 0.25) is 0 Å². The summed E-state index contributed by atoms with van der Waals surface area (Å²) in [6.07, 6.45) is 5.27. The molecule has 11 heteroatoms. The van der Waals surface area contributed by atoms with Crippen LogP contribution in [0.3, 0.4) is 0 Å². The molecule has 0 aliphatic carbocycles. The predicted octanol–water partition coefficient (Wildman–Crippen LogP) is 3.01. The number of thiazole rings is 1. The summed E-state index contributed by atoms with van der Waals surface area (Å²) in [5.74, 6) is -1.19. The molecule has 3 aromatic rings. The van der Waals surface area contributed by atoms with Crippen LogP contribution in [0.4, 0.5) is 10.9 Å². The van der Waals surface area contributed by atoms with E-state index in [-0.39, 0.29) is 35.1 Å². The molecule has 0 aromatic carbocycles. The van der Waals surface area contributed by atoms with Crippen molar-refractivity contribution in [3.63, 3.8) is 0 Å². The lowest BCUT2D eigenvalue weighted by Gasteiger charge is -2.33. The molecule has 1 atom stereocenters. The van der Waals surface area contributed by atoms with Gasteiger partial charge in [0.05, 0.1) is 11.3 Å². The maximum absolute atomic E-state index is 13.3. The predicted molar refractivity (Wildman–Crippen MR) is 139 cm³/mol. The average molecular weight is 512 g/mol. The molecule has 3 N–H and O–H groups in total. The van der Waals surface area contributed by atoms with Gasteiger partial charge in [0.2, 0.25) is 0 Å². The van der Waals surface area contributed by atoms with E-state index < -0.39 is 11.5 Å². The third-order valence-electron chi connectivity index (χ3n) is 6.07. The number of aliphatic carboxylic acids is 1. The lowest BCUT2D eigenvalue weighted by atomic mass is 9.93. The number of fused-ring (bicyclic) bond motifs is 1. The zero-order valence-corrected chi connectivity index (χ0v) is 21.2. The summed E-state index contributed by atoms with van der Waals surface area (Å²) in [7, 11) is 0. The number of anilines is 2. The van der Waals surface area contributed by atoms with E-state index in [1.165, 1.54) is 40.1 Å². The van der Waals surface area contributed by atoms with E-state index in [0.29, 0.717) is 29.6 Å². The molecule has 10 nitrogen and oxygen atoms in total. The molecule has 0 saturated carbocycles. The van der Waals surface area contributed by atoms with Crippen LogP contribution in [0.1, 0.15) is 55.2 Å². The van der Waals surface area contributed by atoms with Crippen molar-refractivity contribution < 1.29 is 19.8 Å². The minimum Gasteiger partial charge on any atom is -0.478 e. The average Bonchev–Trinajstić information content (AvgIpc) is 3.32. The number of nitrogens with zero attached hydrogens (tertiary/aromatic N) is 4. The van der Waals surface area contributed by atoms with Gasteiger partial charge in [-0.15, -0.1) is 11.3 Å². The number of rotatable bonds is 6. The topological polar surface area (TPSA) is 137 Å². The maximum Gasteiger partial charge on any atom is 0.328 e. The van der Waals surface area contributed by atoms with E-state index in [1.54, 1.807) is 0 Å². The molecule has 1 fully saturated rings. The number of hydrogen-bond donors (Lipinski definition) is 3. The molecule has 0 radical (unpaired) electrons. The van der Waals surface area contributed by atoms with Crippen LogP contribution in [0, 0.1) is 5.92 Å². The highest BCUT2D eigenvalue weighted by Crippen LogP contribution is 2.27. The first kappa shape index (κ1) is 25.5. The van der Waals surface area contributed by atoms with Crippen molar-refractivity contribution in [2.75, 3.05) is 29.9 Å². The van der Waals surface area contributed by atoms with Gasteiger partial charge in [0, 0.05) is 48.3 Å². The standard InChI is InChI=1S/C25H29N5O5S/c1-25(2,3)18-14-36-24(26-18)28-22(34)16-8-10-30-19(11-16)27-21(17(23(30)35)6-7-20(32)33)29-9-4-5-15(12-29)13-31/h6-8,10-11,14-15,31H,4-5,9,12-13H2,1-3H3,(H,32,33)(H,26,28,34). The van der Waals surface area contributed by atoms with E-state index >= 15 is 0 Å². The first-order valence-electron chi connectivity index (χ1n) is 11.7. The van der Waals surface area contributed by atoms with Crippen LogP contribution in [0.25, 0.3) is 11.7 Å². The fraction of sp³-hybridized carbons (Fsp3) is 0.400. The van der Waals surface area contributed by atoms with Gasteiger partial charge in [-0.05, 0) is 37.0 Å². The van der Waals surface area contributed by atoms with Gasteiger partial charge in [0.1, 0.15) is 11.5 Å². The van der Waals surface area contributed by atoms with Crippen molar-refractivity contribution in [2.24, 2.45) is 5.92 Å². The van der Waals surface area contributed by atoms with Crippen LogP contribution in [-0.2, 0) is 10.2 Å². The highest BCUT2D eigenvalue weighted by molar-refractivity contribution is 7.14. The smallest absolute Gasteiger partial charge is 0.328 e. The Morgan fingerprint density at radius 2 is 2.08 bits per heavy atom. The highest BCUT2D eigenvalue weighted by atomic mass is 32.1. The van der Waals surface area contributed by atoms with E-state index in [0.717, 1.165) is 24.6 Å². The summed E-state index contributed by atoms with van der Waals surface area (Å²) in [6.45, 7) is 7.26. The third-order valence-corrected chi connectivity index (χ3v) is 6.83. The van der Waals surface area contributed by atoms with E-state index in [4.69, 9.17) is 5.11 Å². The first-order chi connectivity index (χ1) is 17.1. The molecule has 4 rings (SSSR count). The monoisotopic (exact) mass is 511 g/mol. The lowest BCUT2D eigenvalue weighted by Crippen LogP contribution is -2.39. The highest BCUT2D eigenvalue weighted by Gasteiger charge is 2.24. The number of carboxylic acid groups (broad SMARTS) is 1. The minimum atomic E-state index is -1.18. The van der Waals surface area contributed by atoms with Gasteiger partial charge in [-0.3, -0.25) is 19.3 Å². The number of aliphatic hydroxyl groups excluding tert-OH is 1. The summed E-state index contributed by atoms with van der Waals surface area (Å²) in [4.78, 5) is 48.5. The van der Waals surface area contributed by atoms with Gasteiger partial charge in [-0.25, -0.2) is 14.8 Å². The second-order valence-electron chi connectivity index (χ2n) is 9.85. The number of pyridine rings is 1. The number of carbonyl (C=O) groups is 2. The molecule has 0 spiro atoms. The Labute approximate surface area is 211 Å². The van der Waals surface area contributed by atoms with E-state index in [2.05, 4.69) is 15.3 Å². The Kier molecular flexibility index (Phi) is 7.23. The quantitative estimate of drug-likeness (QED) is 0.430. The van der Waals surface area contributed by atoms with Crippen molar-refractivity contribution >= 4 is 45.9 Å². The van der Waals surface area contributed by atoms with Crippen molar-refractivity contribution in [1.29, 1.82) is 0 Å². The Morgan fingerprint density at radius 3 is 2.75 bits per heavy atom. The van der Waals surface area contributed by atoms with Crippen molar-refractivity contribution in [3.05, 3.63) is 57.0 Å². The molecule has 4 heterocycles. The van der Waals surface area contributed by atoms with Crippen molar-refractivity contribution in [2.45, 2.75) is 39.0 Å². The summed E-state index contributed by atoms with van der Waals surface area (Å²) < 4.78 is 1.29. The molecule has 1 saturated heterocycles. The molecule has 190 valence electrons. The number of aliphatic hydroxyl groups is 1. The summed E-state index contributed by atoms with van der Waals surface area (Å²) in [6, 6.07) is 3.04. The zero-order chi connectivity index (χ0) is 26.0. The summed E-state index contributed by atoms with van der Waals surface area (Å²) in [5, 5.41) is 23.9. The second-order valence-corrected chi connectivity index (χ2v) is 10.7. The molecular formula is C25H29N5O5S. The fourth-order valence-corrected chi connectivity index (χ4v) is 5.01. The summed E-state index contributed by atoms with van der Waals surface area (Å²) >= 11 is 1.34. The third kappa shape index (κ3) is 5.47. The largest absolute Gasteiger partial charge is 0.478 e. The maximum atomic E-state index is 13.3. The number of aromatic nitrogens is 3. The number of nitrogens with one attached hydrogen (secondary N) is 1. The normalized spacial score (nSPS) is 16.6. The molecular weight excluding hydrogens is 482 g/mol. The number of amides is 1. The van der Waals surface area contributed by atoms with Gasteiger partial charge >= 0.3 is 5.97 Å². The minimum absolute atomic E-state index is 0.0152. The molecule has 3 aromatic heterocycles. The number of piperidine rings is 1. The SMILES string of the molecule is CC(C)(C)c1csc(NC(=O)c2ccn3c(=O)c(C=CC(=O)O)c(N4CCCC(CO)C4)nc3c2)n1. The van der Waals surface area contributed by atoms with Crippen LogP contribution in [-0.4, -0.2) is 56.2 Å². The van der Waals surface area contributed by atoms with Crippen LogP contribution in [0.15, 0.2) is 34.6 Å². The van der Waals surface area contributed by atoms with Gasteiger partial charge in [0.15, 0.2) is 5.13 Å². The Morgan fingerprint density at radius 1 is 1.31 bits per heavy atom. The van der Waals surface area contributed by atoms with Gasteiger partial charge in [-0.1, -0.05) is 20.8 Å². The molecule has 0 bridgehead atoms. The molecule has 1 aliphatic heterocycles. The van der Waals surface area contributed by atoms with Crippen molar-refractivity contribution in [3.8, 4) is 0 Å². The van der Waals surface area contributed by atoms with E-state index in [1.807, 2.05) is 31.1 Å². The number of carboxylic acids is 1. The van der Waals surface area contributed by atoms with Crippen molar-refractivity contribution in [1.82, 2.24) is 14.4 Å². The fourth-order valence-electron chi connectivity index (χ4n) is 4.07. The van der Waals surface area contributed by atoms with Gasteiger partial charge < -0.3 is 15.1 Å². The Bertz CT molecular complexity index is 1390. The van der Waals surface area contributed by atoms with E-state index in [9.17, 15) is 19.5 Å². The molecule has 1 amide bonds.